The molecule has 1 aliphatic heterocycles. The fraction of sp³-hybridized carbons (Fsp3) is 0.600. The Morgan fingerprint density at radius 2 is 2.29 bits per heavy atom. The molecule has 1 amide bonds. The lowest BCUT2D eigenvalue weighted by molar-refractivity contribution is 0.0856. The second-order valence-electron chi connectivity index (χ2n) is 5.57. The minimum atomic E-state index is -0.445. The highest BCUT2D eigenvalue weighted by atomic mass is 32.1. The van der Waals surface area contributed by atoms with Gasteiger partial charge in [0.1, 0.15) is 5.56 Å². The zero-order chi connectivity index (χ0) is 17.1. The number of carbonyl (C=O) groups is 1. The van der Waals surface area contributed by atoms with Gasteiger partial charge in [0.15, 0.2) is 0 Å². The molecule has 0 unspecified atom stereocenters. The molecule has 0 aromatic carbocycles. The first kappa shape index (κ1) is 16.8. The molecule has 0 bridgehead atoms. The van der Waals surface area contributed by atoms with Crippen molar-refractivity contribution in [3.63, 3.8) is 0 Å². The van der Waals surface area contributed by atoms with E-state index in [0.29, 0.717) is 11.5 Å². The monoisotopic (exact) mass is 351 g/mol. The number of amides is 1. The van der Waals surface area contributed by atoms with Crippen molar-refractivity contribution >= 4 is 27.3 Å². The zero-order valence-corrected chi connectivity index (χ0v) is 14.6. The van der Waals surface area contributed by atoms with Crippen LogP contribution < -0.4 is 15.8 Å². The Kier molecular flexibility index (Phi) is 5.10. The number of anilines is 1. The van der Waals surface area contributed by atoms with Gasteiger partial charge in [0.25, 0.3) is 11.5 Å². The molecule has 0 spiro atoms. The highest BCUT2D eigenvalue weighted by Gasteiger charge is 2.20. The summed E-state index contributed by atoms with van der Waals surface area (Å²) in [6.45, 7) is 6.76. The van der Waals surface area contributed by atoms with Crippen LogP contribution in [-0.4, -0.2) is 52.9 Å². The van der Waals surface area contributed by atoms with Gasteiger partial charge in [0.05, 0.1) is 6.10 Å². The first-order valence-electron chi connectivity index (χ1n) is 8.17. The minimum Gasteiger partial charge on any atom is -0.376 e. The predicted octanol–water partition coefficient (Wildman–Crippen LogP) is 0.906. The van der Waals surface area contributed by atoms with Gasteiger partial charge in [-0.3, -0.25) is 9.59 Å². The van der Waals surface area contributed by atoms with Crippen LogP contribution in [-0.2, 0) is 4.74 Å². The lowest BCUT2D eigenvalue weighted by atomic mass is 10.2. The molecule has 1 fully saturated rings. The third kappa shape index (κ3) is 3.27. The maximum Gasteiger partial charge on any atom is 0.288 e. The van der Waals surface area contributed by atoms with E-state index >= 15 is 0 Å². The van der Waals surface area contributed by atoms with Gasteiger partial charge >= 0.3 is 0 Å². The molecule has 8 nitrogen and oxygen atoms in total. The van der Waals surface area contributed by atoms with Crippen LogP contribution in [0, 0.1) is 0 Å². The summed E-state index contributed by atoms with van der Waals surface area (Å²) in [4.78, 5) is 31.5. The summed E-state index contributed by atoms with van der Waals surface area (Å²) >= 11 is 1.34. The van der Waals surface area contributed by atoms with Crippen LogP contribution in [0.4, 0.5) is 5.13 Å². The average Bonchev–Trinajstić information content (AvgIpc) is 3.24. The first-order valence-corrected chi connectivity index (χ1v) is 8.99. The molecule has 24 heavy (non-hydrogen) atoms. The minimum absolute atomic E-state index is 0.00175. The van der Waals surface area contributed by atoms with E-state index in [4.69, 9.17) is 4.74 Å². The molecule has 1 aliphatic rings. The summed E-state index contributed by atoms with van der Waals surface area (Å²) in [6.07, 6.45) is 3.29. The normalized spacial score (nSPS) is 17.3. The quantitative estimate of drug-likeness (QED) is 0.832. The molecule has 3 heterocycles. The van der Waals surface area contributed by atoms with Gasteiger partial charge in [-0.05, 0) is 26.7 Å². The highest BCUT2D eigenvalue weighted by Crippen LogP contribution is 2.20. The second-order valence-corrected chi connectivity index (χ2v) is 6.51. The standard InChI is InChI=1S/C15H21N5O3S/c1-3-19(4-2)15-18-20-13(22)11(9-17-14(20)24-15)12(21)16-8-10-6-5-7-23-10/h9-10H,3-8H2,1-2H3,(H,16,21)/t10-/m1/s1. The SMILES string of the molecule is CCN(CC)c1nn2c(=O)c(C(=O)NC[C@H]3CCCO3)cnc2s1. The van der Waals surface area contributed by atoms with E-state index in [0.717, 1.165) is 37.7 Å². The predicted molar refractivity (Wildman–Crippen MR) is 92.0 cm³/mol. The fourth-order valence-corrected chi connectivity index (χ4v) is 3.65. The molecule has 3 rings (SSSR count). The summed E-state index contributed by atoms with van der Waals surface area (Å²) in [5, 5.41) is 7.79. The van der Waals surface area contributed by atoms with E-state index < -0.39 is 11.5 Å². The molecular formula is C15H21N5O3S. The molecular weight excluding hydrogens is 330 g/mol. The number of aromatic nitrogens is 3. The Morgan fingerprint density at radius 1 is 1.50 bits per heavy atom. The maximum absolute atomic E-state index is 12.5. The Bertz CT molecular complexity index is 777. The van der Waals surface area contributed by atoms with Gasteiger partial charge in [0, 0.05) is 32.4 Å². The molecule has 0 radical (unpaired) electrons. The largest absolute Gasteiger partial charge is 0.376 e. The molecule has 0 saturated carbocycles. The number of fused-ring (bicyclic) bond motifs is 1. The number of rotatable bonds is 6. The molecule has 1 saturated heterocycles. The van der Waals surface area contributed by atoms with Gasteiger partial charge in [-0.2, -0.15) is 4.52 Å². The Morgan fingerprint density at radius 3 is 2.96 bits per heavy atom. The van der Waals surface area contributed by atoms with Crippen LogP contribution in [0.5, 0.6) is 0 Å². The van der Waals surface area contributed by atoms with Gasteiger partial charge in [-0.15, -0.1) is 5.10 Å². The van der Waals surface area contributed by atoms with E-state index in [9.17, 15) is 9.59 Å². The lowest BCUT2D eigenvalue weighted by Gasteiger charge is -2.15. The van der Waals surface area contributed by atoms with Crippen LogP contribution in [0.2, 0.25) is 0 Å². The van der Waals surface area contributed by atoms with Crippen molar-refractivity contribution in [1.29, 1.82) is 0 Å². The van der Waals surface area contributed by atoms with Crippen molar-refractivity contribution in [3.8, 4) is 0 Å². The molecule has 1 N–H and O–H groups in total. The summed E-state index contributed by atoms with van der Waals surface area (Å²) in [6, 6.07) is 0. The zero-order valence-electron chi connectivity index (χ0n) is 13.8. The van der Waals surface area contributed by atoms with E-state index in [1.165, 1.54) is 22.0 Å². The van der Waals surface area contributed by atoms with Crippen LogP contribution >= 0.6 is 11.3 Å². The van der Waals surface area contributed by atoms with Crippen molar-refractivity contribution in [2.75, 3.05) is 31.1 Å². The van der Waals surface area contributed by atoms with Crippen molar-refractivity contribution < 1.29 is 9.53 Å². The number of hydrogen-bond donors (Lipinski definition) is 1. The third-order valence-electron chi connectivity index (χ3n) is 4.07. The van der Waals surface area contributed by atoms with Crippen molar-refractivity contribution in [2.45, 2.75) is 32.8 Å². The number of carbonyl (C=O) groups excluding carboxylic acids is 1. The van der Waals surface area contributed by atoms with E-state index in [1.54, 1.807) is 0 Å². The van der Waals surface area contributed by atoms with E-state index in [-0.39, 0.29) is 11.7 Å². The van der Waals surface area contributed by atoms with Crippen molar-refractivity contribution in [1.82, 2.24) is 19.9 Å². The topological polar surface area (TPSA) is 88.8 Å². The van der Waals surface area contributed by atoms with Gasteiger partial charge < -0.3 is 15.0 Å². The highest BCUT2D eigenvalue weighted by molar-refractivity contribution is 7.20. The Hall–Kier alpha value is -2.00. The molecule has 9 heteroatoms. The number of ether oxygens (including phenoxy) is 1. The van der Waals surface area contributed by atoms with Crippen LogP contribution in [0.3, 0.4) is 0 Å². The smallest absolute Gasteiger partial charge is 0.288 e. The third-order valence-corrected chi connectivity index (χ3v) is 5.05. The molecule has 1 atom stereocenters. The number of hydrogen-bond acceptors (Lipinski definition) is 7. The summed E-state index contributed by atoms with van der Waals surface area (Å²) in [5.41, 5.74) is -0.443. The Labute approximate surface area is 143 Å². The second kappa shape index (κ2) is 7.27. The first-order chi connectivity index (χ1) is 11.6. The fourth-order valence-electron chi connectivity index (χ4n) is 2.66. The van der Waals surface area contributed by atoms with Gasteiger partial charge in [-0.1, -0.05) is 11.3 Å². The number of nitrogens with zero attached hydrogens (tertiary/aromatic N) is 4. The van der Waals surface area contributed by atoms with Crippen LogP contribution in [0.25, 0.3) is 4.96 Å². The summed E-state index contributed by atoms with van der Waals surface area (Å²) in [7, 11) is 0. The molecule has 2 aromatic rings. The molecule has 0 aliphatic carbocycles. The van der Waals surface area contributed by atoms with Crippen molar-refractivity contribution in [2.24, 2.45) is 0 Å². The summed E-state index contributed by atoms with van der Waals surface area (Å²) < 4.78 is 6.67. The maximum atomic E-state index is 12.5. The van der Waals surface area contributed by atoms with Gasteiger partial charge in [-0.25, -0.2) is 4.98 Å². The molecule has 2 aromatic heterocycles. The van der Waals surface area contributed by atoms with Crippen LogP contribution in [0.1, 0.15) is 37.0 Å². The van der Waals surface area contributed by atoms with Crippen LogP contribution in [0.15, 0.2) is 11.0 Å². The van der Waals surface area contributed by atoms with E-state index in [1.807, 2.05) is 18.7 Å². The van der Waals surface area contributed by atoms with Crippen molar-refractivity contribution in [3.05, 3.63) is 22.1 Å². The van der Waals surface area contributed by atoms with Gasteiger partial charge in [0.2, 0.25) is 10.1 Å². The lowest BCUT2D eigenvalue weighted by Crippen LogP contribution is -2.36. The Balaban J connectivity index is 1.82. The van der Waals surface area contributed by atoms with E-state index in [2.05, 4.69) is 15.4 Å². The molecule has 130 valence electrons. The average molecular weight is 351 g/mol. The summed E-state index contributed by atoms with van der Waals surface area (Å²) in [5.74, 6) is -0.435. The number of nitrogens with one attached hydrogen (secondary N) is 1.